The summed E-state index contributed by atoms with van der Waals surface area (Å²) >= 11 is 0. The van der Waals surface area contributed by atoms with Crippen LogP contribution in [-0.2, 0) is 0 Å². The summed E-state index contributed by atoms with van der Waals surface area (Å²) in [6, 6.07) is 12.5. The molecule has 0 radical (unpaired) electrons. The van der Waals surface area contributed by atoms with E-state index in [1.807, 2.05) is 24.3 Å². The number of carboxylic acid groups (broad SMARTS) is 1. The van der Waals surface area contributed by atoms with E-state index in [1.54, 1.807) is 18.2 Å². The van der Waals surface area contributed by atoms with Crippen LogP contribution < -0.4 is 5.11 Å². The van der Waals surface area contributed by atoms with Crippen molar-refractivity contribution in [1.82, 2.24) is 0 Å². The Kier molecular flexibility index (Phi) is 4.45. The zero-order valence-corrected chi connectivity index (χ0v) is 11.3. The van der Waals surface area contributed by atoms with E-state index < -0.39 is 5.97 Å². The Morgan fingerprint density at radius 1 is 0.944 bits per heavy atom. The first-order chi connectivity index (χ1) is 8.29. The van der Waals surface area contributed by atoms with Crippen LogP contribution in [0.2, 0.25) is 0 Å². The van der Waals surface area contributed by atoms with Gasteiger partial charge >= 0.3 is 0 Å². The summed E-state index contributed by atoms with van der Waals surface area (Å²) in [5.41, 5.74) is 0.248. The van der Waals surface area contributed by atoms with E-state index in [9.17, 15) is 9.90 Å². The van der Waals surface area contributed by atoms with E-state index >= 15 is 0 Å². The van der Waals surface area contributed by atoms with Crippen LogP contribution in [-0.4, -0.2) is 38.6 Å². The largest absolute Gasteiger partial charge is 0.545 e. The monoisotopic (exact) mass is 245 g/mol. The quantitative estimate of drug-likeness (QED) is 0.715. The maximum absolute atomic E-state index is 10.7. The summed E-state index contributed by atoms with van der Waals surface area (Å²) in [4.78, 5) is 10.7. The molecule has 0 aliphatic rings. The number of rotatable bonds is 1. The molecule has 3 heteroatoms. The zero-order chi connectivity index (χ0) is 13.8. The van der Waals surface area contributed by atoms with Crippen molar-refractivity contribution in [2.24, 2.45) is 0 Å². The summed E-state index contributed by atoms with van der Waals surface area (Å²) in [5.74, 6) is -1.13. The molecular formula is C15H19NO2. The highest BCUT2D eigenvalue weighted by molar-refractivity contribution is 6.02. The van der Waals surface area contributed by atoms with Crippen molar-refractivity contribution in [2.45, 2.75) is 0 Å². The zero-order valence-electron chi connectivity index (χ0n) is 11.3. The highest BCUT2D eigenvalue weighted by Crippen LogP contribution is 2.17. The average Bonchev–Trinajstić information content (AvgIpc) is 2.26. The molecule has 0 spiro atoms. The van der Waals surface area contributed by atoms with Gasteiger partial charge in [-0.3, -0.25) is 0 Å². The first-order valence-electron chi connectivity index (χ1n) is 5.77. The Labute approximate surface area is 108 Å². The molecule has 96 valence electrons. The molecule has 0 N–H and O–H groups in total. The summed E-state index contributed by atoms with van der Waals surface area (Å²) in [5, 5.41) is 12.4. The lowest BCUT2D eigenvalue weighted by molar-refractivity contribution is -0.849. The number of carbonyl (C=O) groups is 1. The Balaban J connectivity index is 0.000000280. The Hall–Kier alpha value is -1.87. The molecule has 2 aromatic carbocycles. The topological polar surface area (TPSA) is 40.1 Å². The minimum absolute atomic E-state index is 0.248. The van der Waals surface area contributed by atoms with E-state index in [0.717, 1.165) is 15.3 Å². The molecule has 2 rings (SSSR count). The van der Waals surface area contributed by atoms with Crippen molar-refractivity contribution < 1.29 is 14.4 Å². The van der Waals surface area contributed by atoms with Crippen molar-refractivity contribution in [1.29, 1.82) is 0 Å². The molecule has 3 nitrogen and oxygen atoms in total. The van der Waals surface area contributed by atoms with Crippen molar-refractivity contribution in [3.05, 3.63) is 48.0 Å². The molecule has 0 saturated carbocycles. The highest BCUT2D eigenvalue weighted by atomic mass is 16.4. The first kappa shape index (κ1) is 14.2. The fourth-order valence-electron chi connectivity index (χ4n) is 1.40. The Morgan fingerprint density at radius 3 is 2.00 bits per heavy atom. The van der Waals surface area contributed by atoms with E-state index in [-0.39, 0.29) is 5.56 Å². The lowest BCUT2D eigenvalue weighted by Crippen LogP contribution is -2.27. The summed E-state index contributed by atoms with van der Waals surface area (Å²) < 4.78 is 1.00. The molecule has 0 aliphatic carbocycles. The number of carbonyl (C=O) groups excluding carboxylic acids is 1. The fraction of sp³-hybridized carbons (Fsp3) is 0.267. The van der Waals surface area contributed by atoms with Crippen molar-refractivity contribution in [2.75, 3.05) is 28.2 Å². The number of aromatic carboxylic acids is 1. The molecule has 0 heterocycles. The second kappa shape index (κ2) is 5.65. The predicted molar refractivity (Wildman–Crippen MR) is 72.2 cm³/mol. The van der Waals surface area contributed by atoms with Crippen molar-refractivity contribution in [3.63, 3.8) is 0 Å². The minimum Gasteiger partial charge on any atom is -0.545 e. The lowest BCUT2D eigenvalue weighted by atomic mass is 10.1. The number of nitrogens with zero attached hydrogens (tertiary/aromatic N) is 1. The van der Waals surface area contributed by atoms with Crippen molar-refractivity contribution >= 4 is 16.7 Å². The second-order valence-electron chi connectivity index (χ2n) is 5.50. The standard InChI is InChI=1S/C11H8O2.C4H12N/c12-11(13)10-7-3-5-8-4-1-2-6-9(8)10;1-5(2,3)4/h1-7H,(H,12,13);1-4H3/q;+1/p-1. The number of hydrogen-bond donors (Lipinski definition) is 0. The van der Waals surface area contributed by atoms with Crippen LogP contribution in [0.1, 0.15) is 10.4 Å². The van der Waals surface area contributed by atoms with E-state index in [4.69, 9.17) is 0 Å². The molecule has 0 aromatic heterocycles. The number of carboxylic acids is 1. The maximum Gasteiger partial charge on any atom is 0.0721 e. The molecule has 0 fully saturated rings. The average molecular weight is 245 g/mol. The van der Waals surface area contributed by atoms with Gasteiger partial charge in [-0.05, 0) is 10.8 Å². The number of hydrogen-bond acceptors (Lipinski definition) is 2. The third-order valence-corrected chi connectivity index (χ3v) is 2.01. The molecule has 0 bridgehead atoms. The van der Waals surface area contributed by atoms with Crippen LogP contribution in [0.4, 0.5) is 0 Å². The molecule has 0 unspecified atom stereocenters. The molecule has 0 atom stereocenters. The minimum atomic E-state index is -1.13. The van der Waals surface area contributed by atoms with Gasteiger partial charge < -0.3 is 14.4 Å². The van der Waals surface area contributed by atoms with Crippen LogP contribution in [0, 0.1) is 0 Å². The second-order valence-corrected chi connectivity index (χ2v) is 5.50. The smallest absolute Gasteiger partial charge is 0.0721 e. The van der Waals surface area contributed by atoms with Gasteiger partial charge in [0, 0.05) is 5.56 Å². The Bertz CT molecular complexity index is 530. The van der Waals surface area contributed by atoms with Gasteiger partial charge in [0.05, 0.1) is 34.2 Å². The van der Waals surface area contributed by atoms with Crippen LogP contribution in [0.25, 0.3) is 10.8 Å². The number of fused-ring (bicyclic) bond motifs is 1. The van der Waals surface area contributed by atoms with Gasteiger partial charge in [-0.2, -0.15) is 0 Å². The van der Waals surface area contributed by atoms with Crippen LogP contribution in [0.15, 0.2) is 42.5 Å². The summed E-state index contributed by atoms with van der Waals surface area (Å²) in [6.45, 7) is 0. The molecule has 18 heavy (non-hydrogen) atoms. The van der Waals surface area contributed by atoms with Crippen LogP contribution >= 0.6 is 0 Å². The fourth-order valence-corrected chi connectivity index (χ4v) is 1.40. The van der Waals surface area contributed by atoms with Crippen molar-refractivity contribution in [3.8, 4) is 0 Å². The third kappa shape index (κ3) is 4.55. The number of quaternary nitrogens is 1. The highest BCUT2D eigenvalue weighted by Gasteiger charge is 1.99. The lowest BCUT2D eigenvalue weighted by Gasteiger charge is -2.14. The molecule has 0 amide bonds. The Morgan fingerprint density at radius 2 is 1.44 bits per heavy atom. The van der Waals surface area contributed by atoms with Crippen LogP contribution in [0.3, 0.4) is 0 Å². The summed E-state index contributed by atoms with van der Waals surface area (Å²) in [6.07, 6.45) is 0. The van der Waals surface area contributed by atoms with Gasteiger partial charge in [-0.25, -0.2) is 0 Å². The number of benzene rings is 2. The van der Waals surface area contributed by atoms with Gasteiger partial charge in [-0.1, -0.05) is 42.5 Å². The molecule has 2 aromatic rings. The maximum atomic E-state index is 10.7. The molecule has 0 saturated heterocycles. The van der Waals surface area contributed by atoms with E-state index in [2.05, 4.69) is 28.2 Å². The molecule has 0 aliphatic heterocycles. The van der Waals surface area contributed by atoms with E-state index in [0.29, 0.717) is 0 Å². The normalized spacial score (nSPS) is 10.7. The van der Waals surface area contributed by atoms with Gasteiger partial charge in [0.1, 0.15) is 0 Å². The van der Waals surface area contributed by atoms with Gasteiger partial charge in [0.2, 0.25) is 0 Å². The molecular weight excluding hydrogens is 226 g/mol. The first-order valence-corrected chi connectivity index (χ1v) is 5.77. The van der Waals surface area contributed by atoms with E-state index in [1.165, 1.54) is 0 Å². The van der Waals surface area contributed by atoms with Gasteiger partial charge in [0.15, 0.2) is 0 Å². The summed E-state index contributed by atoms with van der Waals surface area (Å²) in [7, 11) is 8.50. The van der Waals surface area contributed by atoms with Gasteiger partial charge in [0.25, 0.3) is 0 Å². The third-order valence-electron chi connectivity index (χ3n) is 2.01. The predicted octanol–water partition coefficient (Wildman–Crippen LogP) is 1.53. The van der Waals surface area contributed by atoms with Crippen LogP contribution in [0.5, 0.6) is 0 Å². The van der Waals surface area contributed by atoms with Gasteiger partial charge in [-0.15, -0.1) is 0 Å². The SMILES string of the molecule is C[N+](C)(C)C.O=C([O-])c1cccc2ccccc12.